The van der Waals surface area contributed by atoms with E-state index in [-0.39, 0.29) is 12.4 Å². The van der Waals surface area contributed by atoms with Crippen molar-refractivity contribution in [2.75, 3.05) is 0 Å². The van der Waals surface area contributed by atoms with E-state index in [0.717, 1.165) is 0 Å². The van der Waals surface area contributed by atoms with Gasteiger partial charge in [-0.2, -0.15) is 0 Å². The second-order valence-corrected chi connectivity index (χ2v) is 2.14. The molecular weight excluding hydrogens is 132 g/mol. The SMILES string of the molecule is C1=C\CCCC\C=C/1.Cl. The van der Waals surface area contributed by atoms with Crippen LogP contribution in [0.3, 0.4) is 0 Å². The molecule has 0 heterocycles. The zero-order valence-electron chi connectivity index (χ0n) is 5.55. The molecule has 0 amide bonds. The topological polar surface area (TPSA) is 0 Å². The predicted octanol–water partition coefficient (Wildman–Crippen LogP) is 3.09. The number of hydrogen-bond acceptors (Lipinski definition) is 0. The molecule has 0 spiro atoms. The lowest BCUT2D eigenvalue weighted by Gasteiger charge is -1.94. The summed E-state index contributed by atoms with van der Waals surface area (Å²) in [5.74, 6) is 0. The van der Waals surface area contributed by atoms with Crippen molar-refractivity contribution in [1.82, 2.24) is 0 Å². The molecule has 0 nitrogen and oxygen atoms in total. The van der Waals surface area contributed by atoms with Crippen LogP contribution in [0.4, 0.5) is 0 Å². The first-order chi connectivity index (χ1) is 4.00. The van der Waals surface area contributed by atoms with Gasteiger partial charge in [0.1, 0.15) is 0 Å². The molecule has 0 bridgehead atoms. The van der Waals surface area contributed by atoms with Crippen molar-refractivity contribution in [1.29, 1.82) is 0 Å². The van der Waals surface area contributed by atoms with Crippen LogP contribution in [0.5, 0.6) is 0 Å². The molecule has 1 aliphatic rings. The van der Waals surface area contributed by atoms with Crippen LogP contribution in [0.2, 0.25) is 0 Å². The third kappa shape index (κ3) is 4.28. The summed E-state index contributed by atoms with van der Waals surface area (Å²) in [7, 11) is 0. The van der Waals surface area contributed by atoms with E-state index in [1.807, 2.05) is 0 Å². The Hall–Kier alpha value is -0.230. The fraction of sp³-hybridized carbons (Fsp3) is 0.500. The first-order valence-electron chi connectivity index (χ1n) is 3.32. The molecule has 1 rings (SSSR count). The monoisotopic (exact) mass is 144 g/mol. The summed E-state index contributed by atoms with van der Waals surface area (Å²) in [6.45, 7) is 0. The predicted molar refractivity (Wildman–Crippen MR) is 44.0 cm³/mol. The molecule has 0 atom stereocenters. The molecule has 0 N–H and O–H groups in total. The van der Waals surface area contributed by atoms with E-state index in [0.29, 0.717) is 0 Å². The highest BCUT2D eigenvalue weighted by Crippen LogP contribution is 2.04. The smallest absolute Gasteiger partial charge is 0.0347 e. The summed E-state index contributed by atoms with van der Waals surface area (Å²) in [5.41, 5.74) is 0. The van der Waals surface area contributed by atoms with E-state index in [4.69, 9.17) is 0 Å². The molecule has 0 aromatic heterocycles. The van der Waals surface area contributed by atoms with E-state index in [1.165, 1.54) is 25.7 Å². The fourth-order valence-corrected chi connectivity index (χ4v) is 0.874. The van der Waals surface area contributed by atoms with E-state index in [2.05, 4.69) is 24.3 Å². The molecule has 0 radical (unpaired) electrons. The van der Waals surface area contributed by atoms with Gasteiger partial charge in [0.2, 0.25) is 0 Å². The van der Waals surface area contributed by atoms with Gasteiger partial charge >= 0.3 is 0 Å². The Kier molecular flexibility index (Phi) is 5.75. The normalized spacial score (nSPS) is 24.9. The zero-order valence-corrected chi connectivity index (χ0v) is 6.36. The average Bonchev–Trinajstić information content (AvgIpc) is 1.62. The summed E-state index contributed by atoms with van der Waals surface area (Å²) in [6.07, 6.45) is 14.0. The minimum absolute atomic E-state index is 0. The maximum absolute atomic E-state index is 2.23. The van der Waals surface area contributed by atoms with Gasteiger partial charge in [0.15, 0.2) is 0 Å². The Balaban J connectivity index is 0.000000640. The summed E-state index contributed by atoms with van der Waals surface area (Å²) < 4.78 is 0. The van der Waals surface area contributed by atoms with Crippen molar-refractivity contribution in [2.24, 2.45) is 0 Å². The maximum Gasteiger partial charge on any atom is -0.0347 e. The summed E-state index contributed by atoms with van der Waals surface area (Å²) in [4.78, 5) is 0. The van der Waals surface area contributed by atoms with Gasteiger partial charge in [0.25, 0.3) is 0 Å². The maximum atomic E-state index is 2.23. The van der Waals surface area contributed by atoms with Crippen LogP contribution in [0.15, 0.2) is 24.3 Å². The molecule has 0 aromatic rings. The van der Waals surface area contributed by atoms with E-state index in [1.54, 1.807) is 0 Å². The molecule has 0 aliphatic heterocycles. The Morgan fingerprint density at radius 2 is 1.22 bits per heavy atom. The van der Waals surface area contributed by atoms with Gasteiger partial charge in [-0.15, -0.1) is 12.4 Å². The molecule has 1 heteroatoms. The van der Waals surface area contributed by atoms with Gasteiger partial charge in [-0.3, -0.25) is 0 Å². The summed E-state index contributed by atoms with van der Waals surface area (Å²) in [5, 5.41) is 0. The van der Waals surface area contributed by atoms with Gasteiger partial charge in [-0.25, -0.2) is 0 Å². The molecule has 0 saturated heterocycles. The van der Waals surface area contributed by atoms with Gasteiger partial charge in [-0.1, -0.05) is 24.3 Å². The first kappa shape index (κ1) is 8.77. The summed E-state index contributed by atoms with van der Waals surface area (Å²) >= 11 is 0. The Bertz CT molecular complexity index is 89.1. The quantitative estimate of drug-likeness (QED) is 0.490. The average molecular weight is 145 g/mol. The van der Waals surface area contributed by atoms with Crippen LogP contribution >= 0.6 is 12.4 Å². The number of hydrogen-bond donors (Lipinski definition) is 0. The molecule has 0 unspecified atom stereocenters. The van der Waals surface area contributed by atoms with Gasteiger partial charge in [0.05, 0.1) is 0 Å². The van der Waals surface area contributed by atoms with Crippen LogP contribution in [0.1, 0.15) is 25.7 Å². The second kappa shape index (κ2) is 5.90. The van der Waals surface area contributed by atoms with Crippen LogP contribution in [0.25, 0.3) is 0 Å². The minimum atomic E-state index is 0. The molecular formula is C8H13Cl. The summed E-state index contributed by atoms with van der Waals surface area (Å²) in [6, 6.07) is 0. The lowest BCUT2D eigenvalue weighted by Crippen LogP contribution is -1.74. The third-order valence-corrected chi connectivity index (χ3v) is 1.37. The largest absolute Gasteiger partial charge is 0.147 e. The highest BCUT2D eigenvalue weighted by atomic mass is 35.5. The first-order valence-corrected chi connectivity index (χ1v) is 3.32. The standard InChI is InChI=1S/C8H12.ClH/c1-2-4-6-8-7-5-3-1;/h1-4H,5-8H2;1H/b3-1-,4-2-;. The number of allylic oxidation sites excluding steroid dienone is 4. The van der Waals surface area contributed by atoms with E-state index >= 15 is 0 Å². The van der Waals surface area contributed by atoms with Gasteiger partial charge < -0.3 is 0 Å². The van der Waals surface area contributed by atoms with Crippen LogP contribution in [-0.2, 0) is 0 Å². The van der Waals surface area contributed by atoms with E-state index in [9.17, 15) is 0 Å². The molecule has 0 saturated carbocycles. The lowest BCUT2D eigenvalue weighted by atomic mass is 10.1. The van der Waals surface area contributed by atoms with Crippen molar-refractivity contribution in [3.8, 4) is 0 Å². The molecule has 52 valence electrons. The van der Waals surface area contributed by atoms with Crippen molar-refractivity contribution in [3.63, 3.8) is 0 Å². The third-order valence-electron chi connectivity index (χ3n) is 1.37. The Labute approximate surface area is 63.1 Å². The highest BCUT2D eigenvalue weighted by molar-refractivity contribution is 5.85. The fourth-order valence-electron chi connectivity index (χ4n) is 0.874. The van der Waals surface area contributed by atoms with Crippen molar-refractivity contribution in [3.05, 3.63) is 24.3 Å². The zero-order chi connectivity index (χ0) is 5.66. The minimum Gasteiger partial charge on any atom is -0.147 e. The number of rotatable bonds is 0. The van der Waals surface area contributed by atoms with Crippen LogP contribution < -0.4 is 0 Å². The molecule has 1 aliphatic carbocycles. The molecule has 0 aromatic carbocycles. The van der Waals surface area contributed by atoms with Crippen molar-refractivity contribution in [2.45, 2.75) is 25.7 Å². The van der Waals surface area contributed by atoms with Crippen molar-refractivity contribution >= 4 is 12.4 Å². The molecule has 0 fully saturated rings. The Morgan fingerprint density at radius 3 is 1.67 bits per heavy atom. The van der Waals surface area contributed by atoms with Gasteiger partial charge in [-0.05, 0) is 25.7 Å². The Morgan fingerprint density at radius 1 is 0.778 bits per heavy atom. The van der Waals surface area contributed by atoms with Crippen molar-refractivity contribution < 1.29 is 0 Å². The lowest BCUT2D eigenvalue weighted by molar-refractivity contribution is 0.758. The number of halogens is 1. The van der Waals surface area contributed by atoms with Gasteiger partial charge in [0, 0.05) is 0 Å². The van der Waals surface area contributed by atoms with E-state index < -0.39 is 0 Å². The van der Waals surface area contributed by atoms with Crippen LogP contribution in [-0.4, -0.2) is 0 Å². The molecule has 9 heavy (non-hydrogen) atoms. The highest BCUT2D eigenvalue weighted by Gasteiger charge is 1.84. The van der Waals surface area contributed by atoms with Crippen LogP contribution in [0, 0.1) is 0 Å². The second-order valence-electron chi connectivity index (χ2n) is 2.14.